The van der Waals surface area contributed by atoms with Gasteiger partial charge in [0.2, 0.25) is 11.8 Å². The molecule has 1 aromatic carbocycles. The summed E-state index contributed by atoms with van der Waals surface area (Å²) in [5, 5.41) is 0. The Hall–Kier alpha value is -2.69. The highest BCUT2D eigenvalue weighted by molar-refractivity contribution is 5.29. The lowest BCUT2D eigenvalue weighted by molar-refractivity contribution is 0.459. The first-order chi connectivity index (χ1) is 9.31. The van der Waals surface area contributed by atoms with Crippen LogP contribution in [0, 0.1) is 6.92 Å². The summed E-state index contributed by atoms with van der Waals surface area (Å²) < 4.78 is 7.45. The number of aryl methyl sites for hydroxylation is 1. The standard InChI is InChI=1S/C14H12N4O/c1-11-9-13(19-12-5-3-2-4-6-12)17-14(16-11)18-8-7-15-10-18/h2-10H,1H3. The topological polar surface area (TPSA) is 52.8 Å². The highest BCUT2D eigenvalue weighted by Crippen LogP contribution is 2.20. The van der Waals surface area contributed by atoms with E-state index in [9.17, 15) is 0 Å². The number of benzene rings is 1. The summed E-state index contributed by atoms with van der Waals surface area (Å²) in [5.74, 6) is 1.81. The molecule has 19 heavy (non-hydrogen) atoms. The zero-order valence-electron chi connectivity index (χ0n) is 10.4. The first-order valence-electron chi connectivity index (χ1n) is 5.88. The Morgan fingerprint density at radius 1 is 1.11 bits per heavy atom. The fraction of sp³-hybridized carbons (Fsp3) is 0.0714. The molecule has 0 saturated heterocycles. The second kappa shape index (κ2) is 4.89. The molecule has 0 saturated carbocycles. The number of imidazole rings is 1. The minimum atomic E-state index is 0.516. The molecule has 94 valence electrons. The van der Waals surface area contributed by atoms with Crippen LogP contribution in [0.1, 0.15) is 5.69 Å². The fourth-order valence-electron chi connectivity index (χ4n) is 1.68. The summed E-state index contributed by atoms with van der Waals surface area (Å²) in [6, 6.07) is 11.3. The van der Waals surface area contributed by atoms with Crippen molar-refractivity contribution in [1.82, 2.24) is 19.5 Å². The van der Waals surface area contributed by atoms with Crippen LogP contribution in [-0.2, 0) is 0 Å². The maximum absolute atomic E-state index is 5.71. The number of aromatic nitrogens is 4. The number of hydrogen-bond acceptors (Lipinski definition) is 4. The Kier molecular flexibility index (Phi) is 2.94. The number of hydrogen-bond donors (Lipinski definition) is 0. The Balaban J connectivity index is 1.94. The molecule has 0 radical (unpaired) electrons. The molecule has 5 nitrogen and oxygen atoms in total. The van der Waals surface area contributed by atoms with Crippen molar-refractivity contribution in [2.24, 2.45) is 0 Å². The first kappa shape index (κ1) is 11.4. The molecule has 0 atom stereocenters. The molecule has 3 rings (SSSR count). The molecular weight excluding hydrogens is 240 g/mol. The normalized spacial score (nSPS) is 10.4. The quantitative estimate of drug-likeness (QED) is 0.719. The predicted molar refractivity (Wildman–Crippen MR) is 70.4 cm³/mol. The van der Waals surface area contributed by atoms with Gasteiger partial charge in [0.1, 0.15) is 12.1 Å². The van der Waals surface area contributed by atoms with Gasteiger partial charge in [0.15, 0.2) is 0 Å². The summed E-state index contributed by atoms with van der Waals surface area (Å²) in [4.78, 5) is 12.7. The smallest absolute Gasteiger partial charge is 0.238 e. The van der Waals surface area contributed by atoms with Crippen molar-refractivity contribution < 1.29 is 4.74 Å². The second-order valence-corrected chi connectivity index (χ2v) is 4.03. The molecule has 2 heterocycles. The number of ether oxygens (including phenoxy) is 1. The van der Waals surface area contributed by atoms with Gasteiger partial charge in [-0.25, -0.2) is 9.97 Å². The zero-order valence-corrected chi connectivity index (χ0v) is 10.4. The average Bonchev–Trinajstić information content (AvgIpc) is 2.93. The first-order valence-corrected chi connectivity index (χ1v) is 5.88. The van der Waals surface area contributed by atoms with Crippen LogP contribution in [0.25, 0.3) is 5.95 Å². The van der Waals surface area contributed by atoms with Crippen LogP contribution >= 0.6 is 0 Å². The number of rotatable bonds is 3. The molecule has 0 spiro atoms. The van der Waals surface area contributed by atoms with Gasteiger partial charge in [0.05, 0.1) is 0 Å². The summed E-state index contributed by atoms with van der Waals surface area (Å²) >= 11 is 0. The van der Waals surface area contributed by atoms with E-state index >= 15 is 0 Å². The largest absolute Gasteiger partial charge is 0.439 e. The summed E-state index contributed by atoms with van der Waals surface area (Å²) in [5.41, 5.74) is 0.838. The van der Waals surface area contributed by atoms with Crippen molar-refractivity contribution in [3.63, 3.8) is 0 Å². The zero-order chi connectivity index (χ0) is 13.1. The summed E-state index contributed by atoms with van der Waals surface area (Å²) in [7, 11) is 0. The van der Waals surface area contributed by atoms with Gasteiger partial charge >= 0.3 is 0 Å². The Morgan fingerprint density at radius 3 is 2.68 bits per heavy atom. The third-order valence-corrected chi connectivity index (χ3v) is 2.52. The highest BCUT2D eigenvalue weighted by Gasteiger charge is 2.05. The number of para-hydroxylation sites is 1. The van der Waals surface area contributed by atoms with Crippen molar-refractivity contribution >= 4 is 0 Å². The average molecular weight is 252 g/mol. The van der Waals surface area contributed by atoms with E-state index in [1.165, 1.54) is 0 Å². The van der Waals surface area contributed by atoms with E-state index in [1.54, 1.807) is 29.4 Å². The van der Waals surface area contributed by atoms with Crippen LogP contribution in [-0.4, -0.2) is 19.5 Å². The minimum Gasteiger partial charge on any atom is -0.439 e. The van der Waals surface area contributed by atoms with Crippen LogP contribution in [0.2, 0.25) is 0 Å². The highest BCUT2D eigenvalue weighted by atomic mass is 16.5. The molecule has 3 aromatic rings. The maximum Gasteiger partial charge on any atom is 0.238 e. The molecule has 0 aliphatic rings. The minimum absolute atomic E-state index is 0.516. The monoisotopic (exact) mass is 252 g/mol. The van der Waals surface area contributed by atoms with Gasteiger partial charge in [0.25, 0.3) is 0 Å². The van der Waals surface area contributed by atoms with Crippen LogP contribution in [0.3, 0.4) is 0 Å². The lowest BCUT2D eigenvalue weighted by atomic mass is 10.3. The van der Waals surface area contributed by atoms with E-state index < -0.39 is 0 Å². The predicted octanol–water partition coefficient (Wildman–Crippen LogP) is 2.76. The third kappa shape index (κ3) is 2.60. The molecule has 0 amide bonds. The van der Waals surface area contributed by atoms with E-state index in [-0.39, 0.29) is 0 Å². The molecule has 0 unspecified atom stereocenters. The molecule has 0 bridgehead atoms. The molecule has 0 N–H and O–H groups in total. The van der Waals surface area contributed by atoms with Gasteiger partial charge in [-0.2, -0.15) is 4.98 Å². The summed E-state index contributed by atoms with van der Waals surface area (Å²) in [6.45, 7) is 1.90. The third-order valence-electron chi connectivity index (χ3n) is 2.52. The van der Waals surface area contributed by atoms with Gasteiger partial charge in [-0.3, -0.25) is 4.57 Å². The van der Waals surface area contributed by atoms with Gasteiger partial charge in [0, 0.05) is 24.2 Å². The van der Waals surface area contributed by atoms with Crippen molar-refractivity contribution in [2.45, 2.75) is 6.92 Å². The molecule has 0 fully saturated rings. The van der Waals surface area contributed by atoms with E-state index in [0.29, 0.717) is 11.8 Å². The van der Waals surface area contributed by atoms with Gasteiger partial charge in [-0.15, -0.1) is 0 Å². The van der Waals surface area contributed by atoms with Crippen LogP contribution < -0.4 is 4.74 Å². The fourth-order valence-corrected chi connectivity index (χ4v) is 1.68. The second-order valence-electron chi connectivity index (χ2n) is 4.03. The van der Waals surface area contributed by atoms with Crippen molar-refractivity contribution in [1.29, 1.82) is 0 Å². The van der Waals surface area contributed by atoms with E-state index in [0.717, 1.165) is 11.4 Å². The van der Waals surface area contributed by atoms with Gasteiger partial charge in [-0.05, 0) is 19.1 Å². The van der Waals surface area contributed by atoms with Crippen LogP contribution in [0.5, 0.6) is 11.6 Å². The lowest BCUT2D eigenvalue weighted by Gasteiger charge is -2.07. The van der Waals surface area contributed by atoms with Crippen molar-refractivity contribution in [3.8, 4) is 17.6 Å². The molecule has 0 aliphatic heterocycles. The van der Waals surface area contributed by atoms with Crippen molar-refractivity contribution in [2.75, 3.05) is 0 Å². The van der Waals surface area contributed by atoms with Crippen LogP contribution in [0.4, 0.5) is 0 Å². The van der Waals surface area contributed by atoms with E-state index in [2.05, 4.69) is 15.0 Å². The van der Waals surface area contributed by atoms with E-state index in [4.69, 9.17) is 4.74 Å². The molecule has 0 aliphatic carbocycles. The summed E-state index contributed by atoms with van der Waals surface area (Å²) in [6.07, 6.45) is 5.13. The van der Waals surface area contributed by atoms with Gasteiger partial charge < -0.3 is 4.74 Å². The van der Waals surface area contributed by atoms with E-state index in [1.807, 2.05) is 37.3 Å². The van der Waals surface area contributed by atoms with Crippen molar-refractivity contribution in [3.05, 3.63) is 60.8 Å². The Labute approximate surface area is 110 Å². The lowest BCUT2D eigenvalue weighted by Crippen LogP contribution is -2.01. The van der Waals surface area contributed by atoms with Crippen LogP contribution in [0.15, 0.2) is 55.1 Å². The Morgan fingerprint density at radius 2 is 1.95 bits per heavy atom. The molecule has 5 heteroatoms. The molecule has 2 aromatic heterocycles. The number of nitrogens with zero attached hydrogens (tertiary/aromatic N) is 4. The van der Waals surface area contributed by atoms with Gasteiger partial charge in [-0.1, -0.05) is 18.2 Å². The molecular formula is C14H12N4O. The Bertz CT molecular complexity index is 665. The SMILES string of the molecule is Cc1cc(Oc2ccccc2)nc(-n2ccnc2)n1. The maximum atomic E-state index is 5.71.